The van der Waals surface area contributed by atoms with Gasteiger partial charge >= 0.3 is 0 Å². The molecule has 0 aliphatic rings. The van der Waals surface area contributed by atoms with Gasteiger partial charge in [-0.2, -0.15) is 0 Å². The summed E-state index contributed by atoms with van der Waals surface area (Å²) in [5.41, 5.74) is 1.69. The van der Waals surface area contributed by atoms with Crippen molar-refractivity contribution in [3.05, 3.63) is 59.1 Å². The smallest absolute Gasteiger partial charge is 0.263 e. The Balaban J connectivity index is 1.62. The Hall–Kier alpha value is -2.43. The Morgan fingerprint density at radius 1 is 1.03 bits per heavy atom. The van der Waals surface area contributed by atoms with Crippen LogP contribution >= 0.6 is 23.1 Å². The predicted molar refractivity (Wildman–Crippen MR) is 117 cm³/mol. The fraction of sp³-hybridized carbons (Fsp3) is 0.211. The number of hydrogen-bond donors (Lipinski definition) is 2. The molecule has 1 amide bonds. The Morgan fingerprint density at radius 2 is 1.69 bits per heavy atom. The number of benzene rings is 2. The summed E-state index contributed by atoms with van der Waals surface area (Å²) in [6.45, 7) is 5.58. The minimum atomic E-state index is -3.76. The van der Waals surface area contributed by atoms with Gasteiger partial charge in [0.15, 0.2) is 0 Å². The van der Waals surface area contributed by atoms with E-state index in [1.165, 1.54) is 23.9 Å². The first kappa shape index (κ1) is 21.3. The number of sulfonamides is 1. The molecule has 0 saturated heterocycles. The normalized spacial score (nSPS) is 12.4. The van der Waals surface area contributed by atoms with Crippen LogP contribution in [0.2, 0.25) is 0 Å². The summed E-state index contributed by atoms with van der Waals surface area (Å²) in [7, 11) is -3.76. The molecule has 0 bridgehead atoms. The zero-order chi connectivity index (χ0) is 21.0. The average molecular weight is 449 g/mol. The Bertz CT molecular complexity index is 1090. The maximum absolute atomic E-state index is 12.4. The van der Waals surface area contributed by atoms with Gasteiger partial charge in [0.25, 0.3) is 10.0 Å². The van der Waals surface area contributed by atoms with Crippen LogP contribution in [0, 0.1) is 13.8 Å². The predicted octanol–water partition coefficient (Wildman–Crippen LogP) is 4.08. The zero-order valence-electron chi connectivity index (χ0n) is 16.0. The Labute approximate surface area is 178 Å². The summed E-state index contributed by atoms with van der Waals surface area (Å²) >= 11 is 2.61. The van der Waals surface area contributed by atoms with Crippen LogP contribution < -0.4 is 10.0 Å². The standard InChI is InChI=1S/C19H20N4O3S3/c1-12-4-8-16(9-5-12)27-13(2)18(24)20-15-6-10-17(11-7-15)29(25,26)23-19-22-21-14(3)28-19/h4-11,13H,1-3H3,(H,20,24)(H,22,23). The van der Waals surface area contributed by atoms with Crippen LogP contribution in [-0.2, 0) is 14.8 Å². The molecule has 0 fully saturated rings. The first-order chi connectivity index (χ1) is 13.7. The molecule has 29 heavy (non-hydrogen) atoms. The van der Waals surface area contributed by atoms with Crippen LogP contribution in [0.4, 0.5) is 10.8 Å². The maximum Gasteiger partial charge on any atom is 0.263 e. The number of nitrogens with zero attached hydrogens (tertiary/aromatic N) is 2. The van der Waals surface area contributed by atoms with E-state index in [2.05, 4.69) is 20.2 Å². The summed E-state index contributed by atoms with van der Waals surface area (Å²) in [5.74, 6) is -0.159. The van der Waals surface area contributed by atoms with Crippen LogP contribution in [0.3, 0.4) is 0 Å². The highest BCUT2D eigenvalue weighted by atomic mass is 32.2. The molecule has 152 valence electrons. The minimum absolute atomic E-state index is 0.0745. The summed E-state index contributed by atoms with van der Waals surface area (Å²) in [5, 5.41) is 10.9. The lowest BCUT2D eigenvalue weighted by molar-refractivity contribution is -0.115. The lowest BCUT2D eigenvalue weighted by Crippen LogP contribution is -2.22. The Kier molecular flexibility index (Phi) is 6.56. The number of anilines is 2. The van der Waals surface area contributed by atoms with Crippen LogP contribution in [0.15, 0.2) is 58.3 Å². The van der Waals surface area contributed by atoms with Gasteiger partial charge in [-0.15, -0.1) is 22.0 Å². The van der Waals surface area contributed by atoms with Gasteiger partial charge in [-0.05, 0) is 57.2 Å². The van der Waals surface area contributed by atoms with Crippen molar-refractivity contribution >= 4 is 49.8 Å². The second kappa shape index (κ2) is 8.93. The third-order valence-electron chi connectivity index (χ3n) is 3.88. The molecule has 0 aliphatic carbocycles. The highest BCUT2D eigenvalue weighted by molar-refractivity contribution is 8.00. The summed E-state index contributed by atoms with van der Waals surface area (Å²) < 4.78 is 27.2. The fourth-order valence-corrected chi connectivity index (χ4v) is 5.04. The van der Waals surface area contributed by atoms with Crippen molar-refractivity contribution in [3.63, 3.8) is 0 Å². The number of nitrogens with one attached hydrogen (secondary N) is 2. The number of aromatic nitrogens is 2. The van der Waals surface area contributed by atoms with E-state index >= 15 is 0 Å². The first-order valence-corrected chi connectivity index (χ1v) is 11.9. The molecular weight excluding hydrogens is 428 g/mol. The van der Waals surface area contributed by atoms with E-state index in [9.17, 15) is 13.2 Å². The zero-order valence-corrected chi connectivity index (χ0v) is 18.5. The van der Waals surface area contributed by atoms with E-state index in [0.29, 0.717) is 10.7 Å². The lowest BCUT2D eigenvalue weighted by Gasteiger charge is -2.13. The minimum Gasteiger partial charge on any atom is -0.325 e. The number of thioether (sulfide) groups is 1. The molecule has 0 radical (unpaired) electrons. The van der Waals surface area contributed by atoms with Crippen molar-refractivity contribution in [1.29, 1.82) is 0 Å². The van der Waals surface area contributed by atoms with E-state index in [1.54, 1.807) is 19.1 Å². The lowest BCUT2D eigenvalue weighted by atomic mass is 10.2. The van der Waals surface area contributed by atoms with E-state index in [4.69, 9.17) is 0 Å². The molecular formula is C19H20N4O3S3. The topological polar surface area (TPSA) is 101 Å². The Morgan fingerprint density at radius 3 is 2.28 bits per heavy atom. The van der Waals surface area contributed by atoms with Crippen LogP contribution in [-0.4, -0.2) is 29.8 Å². The molecule has 0 saturated carbocycles. The number of carbonyl (C=O) groups is 1. The second-order valence-electron chi connectivity index (χ2n) is 6.32. The quantitative estimate of drug-likeness (QED) is 0.528. The number of rotatable bonds is 7. The van der Waals surface area contributed by atoms with Gasteiger partial charge in [-0.1, -0.05) is 29.0 Å². The SMILES string of the molecule is Cc1ccc(SC(C)C(=O)Nc2ccc(S(=O)(=O)Nc3nnc(C)s3)cc2)cc1. The van der Waals surface area contributed by atoms with Crippen molar-refractivity contribution in [2.75, 3.05) is 10.0 Å². The average Bonchev–Trinajstić information content (AvgIpc) is 3.08. The molecule has 10 heteroatoms. The van der Waals surface area contributed by atoms with Crippen molar-refractivity contribution in [2.45, 2.75) is 35.8 Å². The van der Waals surface area contributed by atoms with Crippen molar-refractivity contribution in [2.24, 2.45) is 0 Å². The third kappa shape index (κ3) is 5.78. The van der Waals surface area contributed by atoms with E-state index in [1.807, 2.05) is 38.1 Å². The van der Waals surface area contributed by atoms with Crippen molar-refractivity contribution in [1.82, 2.24) is 10.2 Å². The van der Waals surface area contributed by atoms with Crippen LogP contribution in [0.1, 0.15) is 17.5 Å². The molecule has 7 nitrogen and oxygen atoms in total. The molecule has 1 atom stereocenters. The van der Waals surface area contributed by atoms with Gasteiger partial charge in [0.2, 0.25) is 11.0 Å². The number of carbonyl (C=O) groups excluding carboxylic acids is 1. The summed E-state index contributed by atoms with van der Waals surface area (Å²) in [6, 6.07) is 14.0. The highest BCUT2D eigenvalue weighted by Gasteiger charge is 2.18. The molecule has 1 unspecified atom stereocenters. The second-order valence-corrected chi connectivity index (χ2v) is 10.6. The number of hydrogen-bond acceptors (Lipinski definition) is 7. The van der Waals surface area contributed by atoms with E-state index in [-0.39, 0.29) is 21.2 Å². The molecule has 0 spiro atoms. The summed E-state index contributed by atoms with van der Waals surface area (Å²) in [4.78, 5) is 13.5. The van der Waals surface area contributed by atoms with Crippen molar-refractivity contribution < 1.29 is 13.2 Å². The van der Waals surface area contributed by atoms with E-state index in [0.717, 1.165) is 21.8 Å². The first-order valence-electron chi connectivity index (χ1n) is 8.70. The van der Waals surface area contributed by atoms with Crippen LogP contribution in [0.5, 0.6) is 0 Å². The van der Waals surface area contributed by atoms with Gasteiger partial charge in [0.1, 0.15) is 5.01 Å². The highest BCUT2D eigenvalue weighted by Crippen LogP contribution is 2.25. The maximum atomic E-state index is 12.4. The molecule has 2 aromatic carbocycles. The largest absolute Gasteiger partial charge is 0.325 e. The summed E-state index contributed by atoms with van der Waals surface area (Å²) in [6.07, 6.45) is 0. The molecule has 0 aliphatic heterocycles. The van der Waals surface area contributed by atoms with Gasteiger partial charge in [0, 0.05) is 10.6 Å². The van der Waals surface area contributed by atoms with E-state index < -0.39 is 10.0 Å². The molecule has 1 heterocycles. The fourth-order valence-electron chi connectivity index (χ4n) is 2.35. The monoisotopic (exact) mass is 448 g/mol. The number of amides is 1. The molecule has 1 aromatic heterocycles. The molecule has 3 aromatic rings. The number of aryl methyl sites for hydroxylation is 2. The van der Waals surface area contributed by atoms with Gasteiger partial charge in [-0.25, -0.2) is 8.42 Å². The van der Waals surface area contributed by atoms with Gasteiger partial charge in [0.05, 0.1) is 10.1 Å². The van der Waals surface area contributed by atoms with Gasteiger partial charge in [-0.3, -0.25) is 9.52 Å². The third-order valence-corrected chi connectivity index (χ3v) is 7.23. The van der Waals surface area contributed by atoms with Crippen molar-refractivity contribution in [3.8, 4) is 0 Å². The molecule has 3 rings (SSSR count). The molecule has 2 N–H and O–H groups in total. The van der Waals surface area contributed by atoms with Gasteiger partial charge < -0.3 is 5.32 Å². The van der Waals surface area contributed by atoms with Crippen LogP contribution in [0.25, 0.3) is 0 Å².